The van der Waals surface area contributed by atoms with E-state index in [1.807, 2.05) is 30.1 Å². The zero-order chi connectivity index (χ0) is 13.2. The summed E-state index contributed by atoms with van der Waals surface area (Å²) in [5.41, 5.74) is 1.39. The molecule has 0 saturated heterocycles. The molecule has 4 heteroatoms. The molecule has 1 atom stereocenters. The summed E-state index contributed by atoms with van der Waals surface area (Å²) in [5, 5.41) is 4.63. The molecule has 2 nitrogen and oxygen atoms in total. The molecular formula is C14H24N2S2. The lowest BCUT2D eigenvalue weighted by Gasteiger charge is -2.20. The van der Waals surface area contributed by atoms with E-state index in [2.05, 4.69) is 26.1 Å². The molecule has 0 fully saturated rings. The van der Waals surface area contributed by atoms with Gasteiger partial charge in [0.15, 0.2) is 0 Å². The largest absolute Gasteiger partial charge is 0.319 e. The molecule has 0 spiro atoms. The van der Waals surface area contributed by atoms with Gasteiger partial charge >= 0.3 is 0 Å². The third kappa shape index (κ3) is 3.72. The molecule has 1 aliphatic rings. The fourth-order valence-corrected chi connectivity index (χ4v) is 4.37. The fourth-order valence-electron chi connectivity index (χ4n) is 2.34. The Hall–Kier alpha value is -0.0600. The van der Waals surface area contributed by atoms with Crippen LogP contribution < -0.4 is 5.32 Å². The van der Waals surface area contributed by atoms with Crippen molar-refractivity contribution in [1.82, 2.24) is 10.3 Å². The Morgan fingerprint density at radius 1 is 1.44 bits per heavy atom. The number of thioether (sulfide) groups is 1. The van der Waals surface area contributed by atoms with Crippen molar-refractivity contribution in [2.45, 2.75) is 56.5 Å². The SMILES string of the molecule is CNCC1CCCc2sc(CSC(C)(C)C)nc21. The molecule has 1 aliphatic carbocycles. The zero-order valence-corrected chi connectivity index (χ0v) is 13.5. The van der Waals surface area contributed by atoms with E-state index in [0.717, 1.165) is 12.3 Å². The van der Waals surface area contributed by atoms with E-state index < -0.39 is 0 Å². The summed E-state index contributed by atoms with van der Waals surface area (Å²) in [5.74, 6) is 1.70. The van der Waals surface area contributed by atoms with Gasteiger partial charge in [0.25, 0.3) is 0 Å². The molecule has 0 bridgehead atoms. The van der Waals surface area contributed by atoms with Crippen molar-refractivity contribution < 1.29 is 0 Å². The molecule has 1 heterocycles. The molecule has 0 amide bonds. The number of hydrogen-bond acceptors (Lipinski definition) is 4. The summed E-state index contributed by atoms with van der Waals surface area (Å²) in [7, 11) is 2.04. The van der Waals surface area contributed by atoms with Gasteiger partial charge in [0.2, 0.25) is 0 Å². The Morgan fingerprint density at radius 3 is 2.89 bits per heavy atom. The van der Waals surface area contributed by atoms with Gasteiger partial charge in [-0.2, -0.15) is 0 Å². The van der Waals surface area contributed by atoms with Crippen LogP contribution in [0, 0.1) is 0 Å². The number of likely N-dealkylation sites (N-methyl/N-ethyl adjacent to an activating group) is 1. The second-order valence-corrected chi connectivity index (χ2v) is 8.93. The first kappa shape index (κ1) is 14.4. The Kier molecular flexibility index (Phi) is 4.73. The van der Waals surface area contributed by atoms with Gasteiger partial charge in [-0.05, 0) is 26.3 Å². The number of hydrogen-bond donors (Lipinski definition) is 1. The first-order chi connectivity index (χ1) is 8.49. The van der Waals surface area contributed by atoms with Crippen LogP contribution in [0.5, 0.6) is 0 Å². The van der Waals surface area contributed by atoms with Crippen LogP contribution in [-0.2, 0) is 12.2 Å². The van der Waals surface area contributed by atoms with Crippen LogP contribution in [0.15, 0.2) is 0 Å². The van der Waals surface area contributed by atoms with Crippen LogP contribution in [0.2, 0.25) is 0 Å². The van der Waals surface area contributed by atoms with E-state index in [1.54, 1.807) is 4.88 Å². The molecule has 1 unspecified atom stereocenters. The van der Waals surface area contributed by atoms with Crippen molar-refractivity contribution in [3.05, 3.63) is 15.6 Å². The van der Waals surface area contributed by atoms with Gasteiger partial charge in [0.1, 0.15) is 5.01 Å². The Labute approximate surface area is 119 Å². The number of fused-ring (bicyclic) bond motifs is 1. The maximum absolute atomic E-state index is 4.91. The van der Waals surface area contributed by atoms with Crippen molar-refractivity contribution in [3.63, 3.8) is 0 Å². The molecule has 102 valence electrons. The maximum Gasteiger partial charge on any atom is 0.103 e. The lowest BCUT2D eigenvalue weighted by Crippen LogP contribution is -2.21. The Bertz CT molecular complexity index is 393. The molecule has 1 N–H and O–H groups in total. The van der Waals surface area contributed by atoms with Crippen molar-refractivity contribution in [2.24, 2.45) is 0 Å². The standard InChI is InChI=1S/C14H24N2S2/c1-14(2,3)17-9-12-16-13-10(8-15-4)6-5-7-11(13)18-12/h10,15H,5-9H2,1-4H3. The highest BCUT2D eigenvalue weighted by atomic mass is 32.2. The molecule has 0 radical (unpaired) electrons. The van der Waals surface area contributed by atoms with Crippen LogP contribution in [0.1, 0.15) is 55.1 Å². The molecule has 18 heavy (non-hydrogen) atoms. The maximum atomic E-state index is 4.91. The van der Waals surface area contributed by atoms with E-state index in [1.165, 1.54) is 30.0 Å². The highest BCUT2D eigenvalue weighted by molar-refractivity contribution is 7.99. The van der Waals surface area contributed by atoms with Gasteiger partial charge in [-0.25, -0.2) is 4.98 Å². The lowest BCUT2D eigenvalue weighted by molar-refractivity contribution is 0.522. The summed E-state index contributed by atoms with van der Waals surface area (Å²) < 4.78 is 0.330. The van der Waals surface area contributed by atoms with E-state index in [4.69, 9.17) is 4.98 Å². The summed E-state index contributed by atoms with van der Waals surface area (Å²) in [6.45, 7) is 7.89. The second kappa shape index (κ2) is 5.93. The van der Waals surface area contributed by atoms with Gasteiger partial charge in [-0.3, -0.25) is 0 Å². The molecular weight excluding hydrogens is 260 g/mol. The van der Waals surface area contributed by atoms with E-state index in [9.17, 15) is 0 Å². The fraction of sp³-hybridized carbons (Fsp3) is 0.786. The van der Waals surface area contributed by atoms with Crippen LogP contribution in [0.4, 0.5) is 0 Å². The minimum atomic E-state index is 0.330. The molecule has 0 aliphatic heterocycles. The number of nitrogens with zero attached hydrogens (tertiary/aromatic N) is 1. The Morgan fingerprint density at radius 2 is 2.22 bits per heavy atom. The van der Waals surface area contributed by atoms with E-state index in [-0.39, 0.29) is 0 Å². The molecule has 0 aromatic carbocycles. The Balaban J connectivity index is 2.07. The average molecular weight is 284 g/mol. The summed E-state index contributed by atoms with van der Waals surface area (Å²) >= 11 is 3.94. The number of rotatable bonds is 4. The predicted molar refractivity (Wildman–Crippen MR) is 82.8 cm³/mol. The van der Waals surface area contributed by atoms with Gasteiger partial charge < -0.3 is 5.32 Å². The minimum Gasteiger partial charge on any atom is -0.319 e. The lowest BCUT2D eigenvalue weighted by atomic mass is 9.91. The highest BCUT2D eigenvalue weighted by Crippen LogP contribution is 2.36. The van der Waals surface area contributed by atoms with Crippen molar-refractivity contribution >= 4 is 23.1 Å². The number of thiazole rings is 1. The van der Waals surface area contributed by atoms with Crippen molar-refractivity contribution in [2.75, 3.05) is 13.6 Å². The average Bonchev–Trinajstić information content (AvgIpc) is 2.70. The summed E-state index contributed by atoms with van der Waals surface area (Å²) in [6.07, 6.45) is 3.87. The smallest absolute Gasteiger partial charge is 0.103 e. The third-order valence-electron chi connectivity index (χ3n) is 3.19. The quantitative estimate of drug-likeness (QED) is 0.910. The summed E-state index contributed by atoms with van der Waals surface area (Å²) in [6, 6.07) is 0. The first-order valence-electron chi connectivity index (χ1n) is 6.76. The van der Waals surface area contributed by atoms with Crippen LogP contribution in [0.3, 0.4) is 0 Å². The van der Waals surface area contributed by atoms with Crippen LogP contribution in [-0.4, -0.2) is 23.3 Å². The minimum absolute atomic E-state index is 0.330. The van der Waals surface area contributed by atoms with Gasteiger partial charge in [0, 0.05) is 27.8 Å². The first-order valence-corrected chi connectivity index (χ1v) is 8.57. The van der Waals surface area contributed by atoms with E-state index >= 15 is 0 Å². The van der Waals surface area contributed by atoms with Crippen molar-refractivity contribution in [1.29, 1.82) is 0 Å². The molecule has 2 rings (SSSR count). The molecule has 0 saturated carbocycles. The molecule has 1 aromatic rings. The molecule has 1 aromatic heterocycles. The van der Waals surface area contributed by atoms with Gasteiger partial charge in [0.05, 0.1) is 5.69 Å². The number of aryl methyl sites for hydroxylation is 1. The highest BCUT2D eigenvalue weighted by Gasteiger charge is 2.24. The topological polar surface area (TPSA) is 24.9 Å². The normalized spacial score (nSPS) is 19.9. The van der Waals surface area contributed by atoms with Crippen LogP contribution >= 0.6 is 23.1 Å². The number of nitrogens with one attached hydrogen (secondary N) is 1. The van der Waals surface area contributed by atoms with Gasteiger partial charge in [-0.15, -0.1) is 23.1 Å². The summed E-state index contributed by atoms with van der Waals surface area (Å²) in [4.78, 5) is 6.46. The monoisotopic (exact) mass is 284 g/mol. The zero-order valence-electron chi connectivity index (χ0n) is 11.9. The van der Waals surface area contributed by atoms with Gasteiger partial charge in [-0.1, -0.05) is 20.8 Å². The van der Waals surface area contributed by atoms with Crippen molar-refractivity contribution in [3.8, 4) is 0 Å². The second-order valence-electron chi connectivity index (χ2n) is 5.96. The number of aromatic nitrogens is 1. The van der Waals surface area contributed by atoms with E-state index in [0.29, 0.717) is 10.7 Å². The third-order valence-corrected chi connectivity index (χ3v) is 5.79. The predicted octanol–water partition coefficient (Wildman–Crippen LogP) is 3.81. The van der Waals surface area contributed by atoms with Crippen LogP contribution in [0.25, 0.3) is 0 Å².